The summed E-state index contributed by atoms with van der Waals surface area (Å²) in [5.74, 6) is -2.84. The monoisotopic (exact) mass is 269 g/mol. The second-order valence-electron chi connectivity index (χ2n) is 4.45. The first-order valence-electron chi connectivity index (χ1n) is 5.79. The van der Waals surface area contributed by atoms with Gasteiger partial charge in [-0.1, -0.05) is 0 Å². The summed E-state index contributed by atoms with van der Waals surface area (Å²) in [5.41, 5.74) is 1.26. The molecule has 0 saturated carbocycles. The van der Waals surface area contributed by atoms with Crippen molar-refractivity contribution in [2.75, 3.05) is 5.32 Å². The van der Waals surface area contributed by atoms with Gasteiger partial charge in [0, 0.05) is 30.9 Å². The number of aryl methyl sites for hydroxylation is 2. The number of nitrogens with zero attached hydrogens (tertiary/aromatic N) is 2. The maximum absolute atomic E-state index is 13.5. The van der Waals surface area contributed by atoms with Crippen LogP contribution < -0.4 is 5.32 Å². The predicted molar refractivity (Wildman–Crippen MR) is 66.3 cm³/mol. The van der Waals surface area contributed by atoms with Crippen molar-refractivity contribution in [3.8, 4) is 0 Å². The molecule has 0 aliphatic rings. The predicted octanol–water partition coefficient (Wildman–Crippen LogP) is 3.32. The number of anilines is 1. The van der Waals surface area contributed by atoms with Crippen molar-refractivity contribution in [1.29, 1.82) is 0 Å². The Morgan fingerprint density at radius 1 is 1.21 bits per heavy atom. The average molecular weight is 269 g/mol. The lowest BCUT2D eigenvalue weighted by Crippen LogP contribution is -2.10. The minimum Gasteiger partial charge on any atom is -0.374 e. The van der Waals surface area contributed by atoms with Crippen LogP contribution >= 0.6 is 0 Å². The van der Waals surface area contributed by atoms with E-state index in [-0.39, 0.29) is 11.7 Å². The first-order chi connectivity index (χ1) is 8.88. The quantitative estimate of drug-likeness (QED) is 0.926. The molecule has 1 atom stereocenters. The molecule has 1 unspecified atom stereocenters. The smallest absolute Gasteiger partial charge is 0.152 e. The van der Waals surface area contributed by atoms with Gasteiger partial charge in [0.05, 0.1) is 11.7 Å². The fraction of sp³-hybridized carbons (Fsp3) is 0.308. The highest BCUT2D eigenvalue weighted by molar-refractivity contribution is 5.48. The molecule has 1 N–H and O–H groups in total. The molecule has 0 spiro atoms. The third-order valence-electron chi connectivity index (χ3n) is 2.89. The lowest BCUT2D eigenvalue weighted by Gasteiger charge is -2.16. The van der Waals surface area contributed by atoms with Crippen LogP contribution in [0.5, 0.6) is 0 Å². The fourth-order valence-corrected chi connectivity index (χ4v) is 2.02. The van der Waals surface area contributed by atoms with Crippen LogP contribution in [0.1, 0.15) is 24.2 Å². The van der Waals surface area contributed by atoms with E-state index < -0.39 is 17.5 Å². The number of hydrogen-bond acceptors (Lipinski definition) is 2. The normalized spacial score (nSPS) is 12.5. The summed E-state index contributed by atoms with van der Waals surface area (Å²) in [6, 6.07) is 0.950. The minimum absolute atomic E-state index is 0.336. The number of halogens is 3. The van der Waals surface area contributed by atoms with Crippen molar-refractivity contribution in [3.63, 3.8) is 0 Å². The molecular formula is C13H14F3N3. The lowest BCUT2D eigenvalue weighted by molar-refractivity contribution is 0.545. The van der Waals surface area contributed by atoms with Crippen LogP contribution in [0.4, 0.5) is 18.9 Å². The summed E-state index contributed by atoms with van der Waals surface area (Å²) < 4.78 is 41.5. The van der Waals surface area contributed by atoms with Gasteiger partial charge in [-0.15, -0.1) is 0 Å². The number of hydrogen-bond donors (Lipinski definition) is 1. The van der Waals surface area contributed by atoms with Crippen LogP contribution in [0.15, 0.2) is 18.3 Å². The Labute approximate surface area is 109 Å². The van der Waals surface area contributed by atoms with Gasteiger partial charge in [-0.05, 0) is 13.8 Å². The van der Waals surface area contributed by atoms with Crippen molar-refractivity contribution in [1.82, 2.24) is 9.78 Å². The summed E-state index contributed by atoms with van der Waals surface area (Å²) in [5, 5.41) is 6.87. The Morgan fingerprint density at radius 2 is 1.79 bits per heavy atom. The summed E-state index contributed by atoms with van der Waals surface area (Å²) in [6.45, 7) is 3.57. The van der Waals surface area contributed by atoms with E-state index in [1.165, 1.54) is 0 Å². The zero-order valence-electron chi connectivity index (χ0n) is 10.8. The SMILES string of the molecule is Cc1nn(C)cc1C(C)Nc1c(F)cc(F)cc1F. The molecular weight excluding hydrogens is 255 g/mol. The topological polar surface area (TPSA) is 29.9 Å². The zero-order valence-corrected chi connectivity index (χ0v) is 10.8. The van der Waals surface area contributed by atoms with E-state index in [0.29, 0.717) is 12.1 Å². The van der Waals surface area contributed by atoms with E-state index in [2.05, 4.69) is 10.4 Å². The molecule has 0 radical (unpaired) electrons. The molecule has 2 rings (SSSR count). The number of benzene rings is 1. The van der Waals surface area contributed by atoms with Crippen LogP contribution in [-0.2, 0) is 7.05 Å². The maximum atomic E-state index is 13.5. The Bertz CT molecular complexity index is 584. The van der Waals surface area contributed by atoms with Gasteiger partial charge in [0.25, 0.3) is 0 Å². The highest BCUT2D eigenvalue weighted by atomic mass is 19.1. The molecule has 0 amide bonds. The van der Waals surface area contributed by atoms with Gasteiger partial charge in [-0.2, -0.15) is 5.10 Å². The van der Waals surface area contributed by atoms with E-state index in [4.69, 9.17) is 0 Å². The van der Waals surface area contributed by atoms with E-state index in [9.17, 15) is 13.2 Å². The van der Waals surface area contributed by atoms with Gasteiger partial charge in [-0.3, -0.25) is 4.68 Å². The second-order valence-corrected chi connectivity index (χ2v) is 4.45. The highest BCUT2D eigenvalue weighted by Crippen LogP contribution is 2.26. The van der Waals surface area contributed by atoms with Gasteiger partial charge >= 0.3 is 0 Å². The first kappa shape index (κ1) is 13.5. The van der Waals surface area contributed by atoms with E-state index in [1.54, 1.807) is 24.9 Å². The molecule has 1 aromatic heterocycles. The van der Waals surface area contributed by atoms with Gasteiger partial charge < -0.3 is 5.32 Å². The van der Waals surface area contributed by atoms with Crippen LogP contribution in [0, 0.1) is 24.4 Å². The Kier molecular flexibility index (Phi) is 3.50. The van der Waals surface area contributed by atoms with Gasteiger partial charge in [0.1, 0.15) is 11.5 Å². The summed E-state index contributed by atoms with van der Waals surface area (Å²) in [7, 11) is 1.77. The average Bonchev–Trinajstić information content (AvgIpc) is 2.62. The lowest BCUT2D eigenvalue weighted by atomic mass is 10.1. The fourth-order valence-electron chi connectivity index (χ4n) is 2.02. The molecule has 1 aromatic carbocycles. The highest BCUT2D eigenvalue weighted by Gasteiger charge is 2.17. The second kappa shape index (κ2) is 4.95. The number of nitrogens with one attached hydrogen (secondary N) is 1. The van der Waals surface area contributed by atoms with Crippen molar-refractivity contribution >= 4 is 5.69 Å². The molecule has 0 bridgehead atoms. The van der Waals surface area contributed by atoms with Crippen molar-refractivity contribution in [3.05, 3.63) is 47.0 Å². The maximum Gasteiger partial charge on any atom is 0.152 e. The molecule has 0 aliphatic carbocycles. The summed E-state index contributed by atoms with van der Waals surface area (Å²) in [6.07, 6.45) is 1.77. The Morgan fingerprint density at radius 3 is 2.26 bits per heavy atom. The standard InChI is InChI=1S/C13H14F3N3/c1-7(10-6-19(3)18-8(10)2)17-13-11(15)4-9(14)5-12(13)16/h4-7,17H,1-3H3. The molecule has 19 heavy (non-hydrogen) atoms. The molecule has 1 heterocycles. The van der Waals surface area contributed by atoms with Gasteiger partial charge in [-0.25, -0.2) is 13.2 Å². The summed E-state index contributed by atoms with van der Waals surface area (Å²) in [4.78, 5) is 0. The van der Waals surface area contributed by atoms with E-state index in [1.807, 2.05) is 6.92 Å². The molecule has 3 nitrogen and oxygen atoms in total. The van der Waals surface area contributed by atoms with Crippen LogP contribution in [0.25, 0.3) is 0 Å². The van der Waals surface area contributed by atoms with Gasteiger partial charge in [0.2, 0.25) is 0 Å². The third-order valence-corrected chi connectivity index (χ3v) is 2.89. The number of aromatic nitrogens is 2. The largest absolute Gasteiger partial charge is 0.374 e. The molecule has 0 saturated heterocycles. The zero-order chi connectivity index (χ0) is 14.2. The summed E-state index contributed by atoms with van der Waals surface area (Å²) >= 11 is 0. The van der Waals surface area contributed by atoms with Crippen LogP contribution in [-0.4, -0.2) is 9.78 Å². The molecule has 0 fully saturated rings. The van der Waals surface area contributed by atoms with Crippen molar-refractivity contribution < 1.29 is 13.2 Å². The molecule has 6 heteroatoms. The van der Waals surface area contributed by atoms with Crippen molar-refractivity contribution in [2.24, 2.45) is 7.05 Å². The Hall–Kier alpha value is -1.98. The van der Waals surface area contributed by atoms with Crippen LogP contribution in [0.2, 0.25) is 0 Å². The third kappa shape index (κ3) is 2.72. The number of rotatable bonds is 3. The van der Waals surface area contributed by atoms with Gasteiger partial charge in [0.15, 0.2) is 11.6 Å². The van der Waals surface area contributed by atoms with E-state index >= 15 is 0 Å². The first-order valence-corrected chi connectivity index (χ1v) is 5.79. The minimum atomic E-state index is -0.953. The van der Waals surface area contributed by atoms with Crippen LogP contribution in [0.3, 0.4) is 0 Å². The Balaban J connectivity index is 2.29. The van der Waals surface area contributed by atoms with E-state index in [0.717, 1.165) is 11.3 Å². The molecule has 0 aliphatic heterocycles. The molecule has 2 aromatic rings. The van der Waals surface area contributed by atoms with Crippen molar-refractivity contribution in [2.45, 2.75) is 19.9 Å². The molecule has 102 valence electrons.